The maximum atomic E-state index is 12.9. The smallest absolute Gasteiger partial charge is 0.247 e. The van der Waals surface area contributed by atoms with Crippen LogP contribution >= 0.6 is 11.6 Å². The van der Waals surface area contributed by atoms with Gasteiger partial charge in [-0.25, -0.2) is 4.98 Å². The number of fused-ring (bicyclic) bond motifs is 1. The van der Waals surface area contributed by atoms with Crippen LogP contribution in [0.2, 0.25) is 5.15 Å². The number of furan rings is 1. The molecule has 0 bridgehead atoms. The number of benzene rings is 1. The molecule has 5 nitrogen and oxygen atoms in total. The Bertz CT molecular complexity index is 1100. The number of carbonyl (C=O) groups is 1. The second-order valence-electron chi connectivity index (χ2n) is 6.31. The van der Waals surface area contributed by atoms with E-state index in [0.29, 0.717) is 23.9 Å². The van der Waals surface area contributed by atoms with Crippen molar-refractivity contribution in [2.24, 2.45) is 0 Å². The molecule has 0 spiro atoms. The average Bonchev–Trinajstić information content (AvgIpc) is 3.33. The Morgan fingerprint density at radius 3 is 2.68 bits per heavy atom. The van der Waals surface area contributed by atoms with Crippen molar-refractivity contribution in [3.8, 4) is 0 Å². The fraction of sp³-hybridized carbons (Fsp3) is 0.0909. The normalized spacial score (nSPS) is 11.3. The van der Waals surface area contributed by atoms with Crippen LogP contribution < -0.4 is 0 Å². The molecule has 0 aliphatic heterocycles. The molecule has 6 heteroatoms. The lowest BCUT2D eigenvalue weighted by Crippen LogP contribution is -2.28. The van der Waals surface area contributed by atoms with Gasteiger partial charge in [-0.15, -0.1) is 0 Å². The van der Waals surface area contributed by atoms with Crippen molar-refractivity contribution < 1.29 is 9.21 Å². The summed E-state index contributed by atoms with van der Waals surface area (Å²) in [5.41, 5.74) is 2.45. The molecule has 0 aliphatic carbocycles. The average molecular weight is 392 g/mol. The van der Waals surface area contributed by atoms with Crippen LogP contribution in [0, 0.1) is 0 Å². The number of hydrogen-bond donors (Lipinski definition) is 0. The van der Waals surface area contributed by atoms with Crippen molar-refractivity contribution in [2.75, 3.05) is 0 Å². The molecular weight excluding hydrogens is 374 g/mol. The summed E-state index contributed by atoms with van der Waals surface area (Å²) in [6.45, 7) is 0.859. The molecule has 140 valence electrons. The maximum absolute atomic E-state index is 12.9. The van der Waals surface area contributed by atoms with Crippen LogP contribution in [-0.4, -0.2) is 20.2 Å². The Labute approximate surface area is 167 Å². The molecule has 0 saturated heterocycles. The van der Waals surface area contributed by atoms with Crippen LogP contribution in [0.15, 0.2) is 83.6 Å². The molecular formula is C22H18ClN3O2. The summed E-state index contributed by atoms with van der Waals surface area (Å²) in [7, 11) is 0. The van der Waals surface area contributed by atoms with E-state index in [1.165, 1.54) is 6.08 Å². The molecule has 1 amide bonds. The molecule has 0 radical (unpaired) electrons. The summed E-state index contributed by atoms with van der Waals surface area (Å²) in [5, 5.41) is 0.357. The monoisotopic (exact) mass is 391 g/mol. The molecule has 0 saturated carbocycles. The van der Waals surface area contributed by atoms with E-state index in [1.54, 1.807) is 17.2 Å². The first-order valence-electron chi connectivity index (χ1n) is 8.86. The molecule has 4 aromatic rings. The Morgan fingerprint density at radius 2 is 1.89 bits per heavy atom. The van der Waals surface area contributed by atoms with Crippen LogP contribution in [0.25, 0.3) is 11.7 Å². The standard InChI is InChI=1S/C22H18ClN3O2/c23-22-19(26-13-5-4-10-20(26)24-22)11-12-21(27)25(16-18-9-6-14-28-18)15-17-7-2-1-3-8-17/h1-14H,15-16H2/b12-11+. The predicted octanol–water partition coefficient (Wildman–Crippen LogP) is 4.82. The van der Waals surface area contributed by atoms with Crippen LogP contribution in [0.5, 0.6) is 0 Å². The van der Waals surface area contributed by atoms with Gasteiger partial charge in [0.25, 0.3) is 0 Å². The molecule has 0 aliphatic rings. The van der Waals surface area contributed by atoms with Gasteiger partial charge >= 0.3 is 0 Å². The van der Waals surface area contributed by atoms with E-state index >= 15 is 0 Å². The molecule has 0 unspecified atom stereocenters. The van der Waals surface area contributed by atoms with Crippen molar-refractivity contribution in [3.05, 3.63) is 101 Å². The fourth-order valence-corrected chi connectivity index (χ4v) is 3.24. The highest BCUT2D eigenvalue weighted by Gasteiger charge is 2.15. The van der Waals surface area contributed by atoms with Crippen molar-refractivity contribution >= 4 is 29.2 Å². The number of pyridine rings is 1. The zero-order valence-corrected chi connectivity index (χ0v) is 15.8. The Hall–Kier alpha value is -3.31. The van der Waals surface area contributed by atoms with Crippen molar-refractivity contribution in [1.82, 2.24) is 14.3 Å². The number of hydrogen-bond acceptors (Lipinski definition) is 3. The first-order valence-corrected chi connectivity index (χ1v) is 9.24. The van der Waals surface area contributed by atoms with Gasteiger partial charge in [0.2, 0.25) is 5.91 Å². The number of aromatic nitrogens is 2. The lowest BCUT2D eigenvalue weighted by molar-refractivity contribution is -0.127. The van der Waals surface area contributed by atoms with Gasteiger partial charge in [-0.1, -0.05) is 48.0 Å². The molecule has 0 atom stereocenters. The number of carbonyl (C=O) groups excluding carboxylic acids is 1. The van der Waals surface area contributed by atoms with E-state index in [9.17, 15) is 4.79 Å². The summed E-state index contributed by atoms with van der Waals surface area (Å²) < 4.78 is 7.27. The highest BCUT2D eigenvalue weighted by Crippen LogP contribution is 2.19. The fourth-order valence-electron chi connectivity index (χ4n) is 3.00. The Morgan fingerprint density at radius 1 is 1.07 bits per heavy atom. The quantitative estimate of drug-likeness (QED) is 0.442. The maximum Gasteiger partial charge on any atom is 0.247 e. The van der Waals surface area contributed by atoms with Gasteiger partial charge in [-0.3, -0.25) is 9.20 Å². The van der Waals surface area contributed by atoms with Crippen molar-refractivity contribution in [3.63, 3.8) is 0 Å². The molecule has 3 aromatic heterocycles. The topological polar surface area (TPSA) is 50.8 Å². The Kier molecular flexibility index (Phi) is 5.26. The van der Waals surface area contributed by atoms with Crippen LogP contribution in [-0.2, 0) is 17.9 Å². The summed E-state index contributed by atoms with van der Waals surface area (Å²) in [6.07, 6.45) is 6.69. The molecule has 0 fully saturated rings. The van der Waals surface area contributed by atoms with E-state index in [0.717, 1.165) is 17.0 Å². The number of halogens is 1. The molecule has 4 rings (SSSR count). The third-order valence-electron chi connectivity index (χ3n) is 4.36. The molecule has 0 N–H and O–H groups in total. The highest BCUT2D eigenvalue weighted by atomic mass is 35.5. The second-order valence-corrected chi connectivity index (χ2v) is 6.67. The van der Waals surface area contributed by atoms with Gasteiger partial charge < -0.3 is 9.32 Å². The zero-order valence-electron chi connectivity index (χ0n) is 15.0. The van der Waals surface area contributed by atoms with E-state index in [4.69, 9.17) is 16.0 Å². The van der Waals surface area contributed by atoms with Gasteiger partial charge in [0, 0.05) is 18.8 Å². The minimum Gasteiger partial charge on any atom is -0.467 e. The number of imidazole rings is 1. The zero-order chi connectivity index (χ0) is 19.3. The predicted molar refractivity (Wildman–Crippen MR) is 109 cm³/mol. The summed E-state index contributed by atoms with van der Waals surface area (Å²) >= 11 is 6.25. The van der Waals surface area contributed by atoms with Crippen molar-refractivity contribution in [2.45, 2.75) is 13.1 Å². The number of nitrogens with zero attached hydrogens (tertiary/aromatic N) is 3. The second kappa shape index (κ2) is 8.15. The first-order chi connectivity index (χ1) is 13.7. The van der Waals surface area contributed by atoms with Crippen LogP contribution in [0.3, 0.4) is 0 Å². The van der Waals surface area contributed by atoms with Gasteiger partial charge in [-0.2, -0.15) is 0 Å². The highest BCUT2D eigenvalue weighted by molar-refractivity contribution is 6.31. The van der Waals surface area contributed by atoms with E-state index in [1.807, 2.05) is 71.3 Å². The summed E-state index contributed by atoms with van der Waals surface area (Å²) in [6, 6.07) is 19.2. The van der Waals surface area contributed by atoms with Crippen molar-refractivity contribution in [1.29, 1.82) is 0 Å². The van der Waals surface area contributed by atoms with E-state index < -0.39 is 0 Å². The molecule has 1 aromatic carbocycles. The molecule has 3 heterocycles. The first kappa shape index (κ1) is 18.1. The number of amides is 1. The van der Waals surface area contributed by atoms with Gasteiger partial charge in [0.15, 0.2) is 5.15 Å². The van der Waals surface area contributed by atoms with E-state index in [-0.39, 0.29) is 5.91 Å². The van der Waals surface area contributed by atoms with Gasteiger partial charge in [0.05, 0.1) is 18.5 Å². The summed E-state index contributed by atoms with van der Waals surface area (Å²) in [4.78, 5) is 19.0. The van der Waals surface area contributed by atoms with Gasteiger partial charge in [0.1, 0.15) is 11.4 Å². The largest absolute Gasteiger partial charge is 0.467 e. The Balaban J connectivity index is 1.59. The number of rotatable bonds is 6. The molecule has 28 heavy (non-hydrogen) atoms. The third-order valence-corrected chi connectivity index (χ3v) is 4.64. The van der Waals surface area contributed by atoms with Gasteiger partial charge in [-0.05, 0) is 35.9 Å². The SMILES string of the molecule is O=C(/C=C/c1c(Cl)nc2ccccn12)N(Cc1ccccc1)Cc1ccco1. The minimum absolute atomic E-state index is 0.137. The minimum atomic E-state index is -0.137. The third kappa shape index (κ3) is 4.00. The lowest BCUT2D eigenvalue weighted by Gasteiger charge is -2.20. The van der Waals surface area contributed by atoms with Crippen LogP contribution in [0.4, 0.5) is 0 Å². The van der Waals surface area contributed by atoms with Crippen LogP contribution in [0.1, 0.15) is 17.0 Å². The summed E-state index contributed by atoms with van der Waals surface area (Å²) in [5.74, 6) is 0.590. The van der Waals surface area contributed by atoms with E-state index in [2.05, 4.69) is 4.98 Å². The lowest BCUT2D eigenvalue weighted by atomic mass is 10.2.